The number of hydrogen-bond acceptors (Lipinski definition) is 7. The lowest BCUT2D eigenvalue weighted by Crippen LogP contribution is -2.42. The monoisotopic (exact) mass is 412 g/mol. The summed E-state index contributed by atoms with van der Waals surface area (Å²) in [6, 6.07) is 1.59. The summed E-state index contributed by atoms with van der Waals surface area (Å²) in [6.07, 6.45) is -2.86. The highest BCUT2D eigenvalue weighted by Crippen LogP contribution is 2.15. The van der Waals surface area contributed by atoms with Crippen LogP contribution in [0.5, 0.6) is 0 Å². The molecule has 0 saturated heterocycles. The number of halogens is 3. The Kier molecular flexibility index (Phi) is 7.72. The third-order valence-corrected chi connectivity index (χ3v) is 3.75. The first-order chi connectivity index (χ1) is 12.3. The van der Waals surface area contributed by atoms with Crippen LogP contribution in [0.2, 0.25) is 0 Å². The topological polar surface area (TPSA) is 112 Å². The summed E-state index contributed by atoms with van der Waals surface area (Å²) >= 11 is 0. The number of carbonyl (C=O) groups excluding carboxylic acids is 2. The first-order valence-electron chi connectivity index (χ1n) is 7.63. The van der Waals surface area contributed by atoms with Crippen molar-refractivity contribution in [2.24, 2.45) is 5.92 Å². The van der Waals surface area contributed by atoms with Crippen molar-refractivity contribution in [3.63, 3.8) is 0 Å². The minimum absolute atomic E-state index is 0.118. The summed E-state index contributed by atoms with van der Waals surface area (Å²) in [5.41, 5.74) is -0.371. The molecule has 27 heavy (non-hydrogen) atoms. The van der Waals surface area contributed by atoms with Crippen LogP contribution in [0, 0.1) is 5.92 Å². The van der Waals surface area contributed by atoms with E-state index in [1.54, 1.807) is 13.8 Å². The van der Waals surface area contributed by atoms with Gasteiger partial charge in [-0.2, -0.15) is 21.6 Å². The summed E-state index contributed by atoms with van der Waals surface area (Å²) in [7, 11) is -3.68. The molecule has 1 aromatic rings. The lowest BCUT2D eigenvalue weighted by Gasteiger charge is -2.21. The molecular weight excluding hydrogens is 393 g/mol. The van der Waals surface area contributed by atoms with Crippen LogP contribution in [0.1, 0.15) is 34.7 Å². The van der Waals surface area contributed by atoms with Crippen molar-refractivity contribution in [3.8, 4) is 0 Å². The van der Waals surface area contributed by atoms with E-state index in [-0.39, 0.29) is 23.8 Å². The van der Waals surface area contributed by atoms with Gasteiger partial charge >= 0.3 is 12.1 Å². The molecule has 1 atom stereocenters. The Morgan fingerprint density at radius 3 is 2.33 bits per heavy atom. The van der Waals surface area contributed by atoms with Crippen molar-refractivity contribution in [2.45, 2.75) is 26.1 Å². The SMILES string of the molecule is CC(C)[C@@H](COS(C)(=O)=O)NC(=O)c1ccc(C(=O)OCC(F)(F)F)cn1. The average molecular weight is 412 g/mol. The van der Waals surface area contributed by atoms with E-state index in [4.69, 9.17) is 0 Å². The van der Waals surface area contributed by atoms with Gasteiger partial charge in [0.15, 0.2) is 6.61 Å². The number of rotatable bonds is 8. The zero-order valence-electron chi connectivity index (χ0n) is 14.7. The van der Waals surface area contributed by atoms with Crippen LogP contribution in [0.25, 0.3) is 0 Å². The second-order valence-corrected chi connectivity index (χ2v) is 7.58. The van der Waals surface area contributed by atoms with E-state index in [0.29, 0.717) is 0 Å². The van der Waals surface area contributed by atoms with E-state index >= 15 is 0 Å². The van der Waals surface area contributed by atoms with Gasteiger partial charge < -0.3 is 10.1 Å². The Morgan fingerprint density at radius 1 is 1.26 bits per heavy atom. The zero-order valence-corrected chi connectivity index (χ0v) is 15.6. The summed E-state index contributed by atoms with van der Waals surface area (Å²) in [5.74, 6) is -2.05. The van der Waals surface area contributed by atoms with Gasteiger partial charge in [0, 0.05) is 6.20 Å². The summed E-state index contributed by atoms with van der Waals surface area (Å²) in [5, 5.41) is 2.54. The van der Waals surface area contributed by atoms with Gasteiger partial charge in [-0.15, -0.1) is 0 Å². The van der Waals surface area contributed by atoms with E-state index in [9.17, 15) is 31.2 Å². The summed E-state index contributed by atoms with van der Waals surface area (Å²) in [4.78, 5) is 27.4. The molecule has 0 radical (unpaired) electrons. The number of nitrogens with zero attached hydrogens (tertiary/aromatic N) is 1. The number of ether oxygens (including phenoxy) is 1. The third kappa shape index (κ3) is 8.82. The lowest BCUT2D eigenvalue weighted by atomic mass is 10.1. The quantitative estimate of drug-likeness (QED) is 0.509. The fourth-order valence-corrected chi connectivity index (χ4v) is 2.11. The van der Waals surface area contributed by atoms with Crippen LogP contribution >= 0.6 is 0 Å². The fourth-order valence-electron chi connectivity index (χ4n) is 1.72. The molecule has 0 saturated carbocycles. The molecule has 1 amide bonds. The molecule has 0 fully saturated rings. The number of amides is 1. The van der Waals surface area contributed by atoms with Crippen molar-refractivity contribution >= 4 is 22.0 Å². The standard InChI is InChI=1S/C15H19F3N2O6S/c1-9(2)12(7-26-27(3,23)24)20-13(21)11-5-4-10(6-19-11)14(22)25-8-15(16,17)18/h4-6,9,12H,7-8H2,1-3H3,(H,20,21)/t12-/m1/s1. The number of alkyl halides is 3. The van der Waals surface area contributed by atoms with Crippen molar-refractivity contribution in [2.75, 3.05) is 19.5 Å². The average Bonchev–Trinajstić information content (AvgIpc) is 2.54. The molecular formula is C15H19F3N2O6S. The number of esters is 1. The highest BCUT2D eigenvalue weighted by molar-refractivity contribution is 7.85. The van der Waals surface area contributed by atoms with Crippen LogP contribution in [0.4, 0.5) is 13.2 Å². The minimum atomic E-state index is -4.65. The molecule has 12 heteroatoms. The van der Waals surface area contributed by atoms with Crippen molar-refractivity contribution < 1.29 is 40.1 Å². The van der Waals surface area contributed by atoms with E-state index in [1.807, 2.05) is 0 Å². The highest BCUT2D eigenvalue weighted by atomic mass is 32.2. The molecule has 1 N–H and O–H groups in total. The van der Waals surface area contributed by atoms with Crippen molar-refractivity contribution in [3.05, 3.63) is 29.6 Å². The molecule has 0 unspecified atom stereocenters. The number of carbonyl (C=O) groups is 2. The van der Waals surface area contributed by atoms with E-state index in [2.05, 4.69) is 19.2 Å². The first-order valence-corrected chi connectivity index (χ1v) is 9.45. The second-order valence-electron chi connectivity index (χ2n) is 5.94. The molecule has 0 bridgehead atoms. The first kappa shape index (κ1) is 22.8. The van der Waals surface area contributed by atoms with Gasteiger partial charge in [-0.05, 0) is 18.1 Å². The molecule has 8 nitrogen and oxygen atoms in total. The molecule has 0 aliphatic carbocycles. The van der Waals surface area contributed by atoms with E-state index in [1.165, 1.54) is 0 Å². The molecule has 1 heterocycles. The smallest absolute Gasteiger partial charge is 0.422 e. The van der Waals surface area contributed by atoms with Gasteiger partial charge in [-0.25, -0.2) is 4.79 Å². The Bertz CT molecular complexity index is 763. The summed E-state index contributed by atoms with van der Waals surface area (Å²) < 4.78 is 67.0. The molecule has 0 aliphatic heterocycles. The third-order valence-electron chi connectivity index (χ3n) is 3.18. The van der Waals surface area contributed by atoms with E-state index < -0.39 is 40.8 Å². The summed E-state index contributed by atoms with van der Waals surface area (Å²) in [6.45, 7) is 1.47. The maximum absolute atomic E-state index is 12.2. The predicted octanol–water partition coefficient (Wildman–Crippen LogP) is 1.53. The fraction of sp³-hybridized carbons (Fsp3) is 0.533. The Balaban J connectivity index is 2.73. The molecule has 1 rings (SSSR count). The van der Waals surface area contributed by atoms with Gasteiger partial charge in [0.05, 0.1) is 24.5 Å². The predicted molar refractivity (Wildman–Crippen MR) is 87.5 cm³/mol. The number of nitrogens with one attached hydrogen (secondary N) is 1. The highest BCUT2D eigenvalue weighted by Gasteiger charge is 2.30. The number of pyridine rings is 1. The molecule has 152 valence electrons. The minimum Gasteiger partial charge on any atom is -0.452 e. The zero-order chi connectivity index (χ0) is 20.8. The van der Waals surface area contributed by atoms with Gasteiger partial charge in [-0.3, -0.25) is 14.0 Å². The van der Waals surface area contributed by atoms with Gasteiger partial charge in [0.1, 0.15) is 5.69 Å². The number of hydrogen-bond donors (Lipinski definition) is 1. The molecule has 0 aliphatic rings. The Hall–Kier alpha value is -2.21. The second kappa shape index (κ2) is 9.13. The van der Waals surface area contributed by atoms with Crippen LogP contribution in [-0.2, 0) is 19.0 Å². The van der Waals surface area contributed by atoms with E-state index in [0.717, 1.165) is 24.6 Å². The molecule has 0 aromatic carbocycles. The largest absolute Gasteiger partial charge is 0.452 e. The van der Waals surface area contributed by atoms with Crippen LogP contribution in [0.15, 0.2) is 18.3 Å². The normalized spacial score (nSPS) is 13.3. The Labute approximate surface area is 154 Å². The maximum Gasteiger partial charge on any atom is 0.422 e. The Morgan fingerprint density at radius 2 is 1.89 bits per heavy atom. The number of aromatic nitrogens is 1. The lowest BCUT2D eigenvalue weighted by molar-refractivity contribution is -0.161. The van der Waals surface area contributed by atoms with Crippen LogP contribution < -0.4 is 5.32 Å². The van der Waals surface area contributed by atoms with Gasteiger partial charge in [0.25, 0.3) is 16.0 Å². The van der Waals surface area contributed by atoms with Crippen molar-refractivity contribution in [1.82, 2.24) is 10.3 Å². The van der Waals surface area contributed by atoms with Gasteiger partial charge in [0.2, 0.25) is 0 Å². The van der Waals surface area contributed by atoms with Crippen LogP contribution in [-0.4, -0.2) is 57.0 Å². The van der Waals surface area contributed by atoms with Gasteiger partial charge in [-0.1, -0.05) is 13.8 Å². The molecule has 0 spiro atoms. The van der Waals surface area contributed by atoms with Crippen molar-refractivity contribution in [1.29, 1.82) is 0 Å². The van der Waals surface area contributed by atoms with Crippen LogP contribution in [0.3, 0.4) is 0 Å². The molecule has 1 aromatic heterocycles. The maximum atomic E-state index is 12.2.